The first-order valence-electron chi connectivity index (χ1n) is 48.4. The molecule has 148 heavy (non-hydrogen) atoms. The smallest absolute Gasteiger partial charge is 0.328 e. The molecular formula is C96H141N23O27S2. The van der Waals surface area contributed by atoms with Gasteiger partial charge in [-0.25, -0.2) is 9.78 Å². The second kappa shape index (κ2) is 63.6. The molecule has 0 aliphatic carbocycles. The number of hydrogen-bond acceptors (Lipinski definition) is 34. The zero-order valence-electron chi connectivity index (χ0n) is 83.7. The van der Waals surface area contributed by atoms with Crippen molar-refractivity contribution >= 4 is 149 Å². The number of esters is 1. The van der Waals surface area contributed by atoms with E-state index >= 15 is 0 Å². The van der Waals surface area contributed by atoms with Gasteiger partial charge in [0.05, 0.1) is 71.9 Å². The number of pyridine rings is 1. The third kappa shape index (κ3) is 41.4. The first-order chi connectivity index (χ1) is 70.5. The molecule has 5 aromatic rings. The number of amides is 17. The molecule has 0 spiro atoms. The number of anilines is 2. The molecule has 1 unspecified atom stereocenters. The van der Waals surface area contributed by atoms with Gasteiger partial charge >= 0.3 is 5.97 Å². The van der Waals surface area contributed by atoms with Gasteiger partial charge in [0.15, 0.2) is 0 Å². The van der Waals surface area contributed by atoms with E-state index in [1.165, 1.54) is 65.9 Å². The number of nitrogens with one attached hydrogen (secondary N) is 16. The molecule has 50 nitrogen and oxygen atoms in total. The fourth-order valence-corrected chi connectivity index (χ4v) is 15.9. The van der Waals surface area contributed by atoms with E-state index in [0.29, 0.717) is 73.8 Å². The van der Waals surface area contributed by atoms with Gasteiger partial charge < -0.3 is 152 Å². The molecule has 1 saturated heterocycles. The van der Waals surface area contributed by atoms with Crippen LogP contribution in [0.5, 0.6) is 11.5 Å². The van der Waals surface area contributed by atoms with Crippen LogP contribution in [0.25, 0.3) is 5.65 Å². The summed E-state index contributed by atoms with van der Waals surface area (Å²) in [5.41, 5.74) is 19.9. The maximum absolute atomic E-state index is 14.7. The van der Waals surface area contributed by atoms with Gasteiger partial charge in [-0.15, -0.1) is 0 Å². The van der Waals surface area contributed by atoms with Crippen molar-refractivity contribution in [3.05, 3.63) is 130 Å². The number of unbranched alkanes of at least 4 members (excludes halogenated alkanes) is 2. The van der Waals surface area contributed by atoms with Gasteiger partial charge in [-0.1, -0.05) is 70.2 Å². The summed E-state index contributed by atoms with van der Waals surface area (Å²) in [5.74, 6) is -19.3. The topological polar surface area (TPSA) is 758 Å². The number of benzene rings is 3. The van der Waals surface area contributed by atoms with Gasteiger partial charge in [-0.05, 0) is 156 Å². The predicted octanol–water partition coefficient (Wildman–Crippen LogP) is -7.04. The van der Waals surface area contributed by atoms with Crippen molar-refractivity contribution in [2.75, 3.05) is 120 Å². The average Bonchev–Trinajstić information content (AvgIpc) is 0.764. The molecule has 814 valence electrons. The molecular weight excluding hydrogens is 1970 g/mol. The maximum Gasteiger partial charge on any atom is 0.328 e. The van der Waals surface area contributed by atoms with E-state index in [0.717, 1.165) is 11.3 Å². The number of phenols is 2. The molecule has 1 fully saturated rings. The van der Waals surface area contributed by atoms with E-state index in [-0.39, 0.29) is 105 Å². The van der Waals surface area contributed by atoms with E-state index in [9.17, 15) is 122 Å². The number of aliphatic hydroxyl groups excluding tert-OH is 4. The molecule has 28 N–H and O–H groups in total. The Kier molecular flexibility index (Phi) is 52.8. The number of ether oxygens (including phenoxy) is 2. The Labute approximate surface area is 865 Å². The number of thiol groups is 2. The molecule has 0 bridgehead atoms. The van der Waals surface area contributed by atoms with Gasteiger partial charge in [0.2, 0.25) is 100 Å². The number of rotatable bonds is 64. The lowest BCUT2D eigenvalue weighted by Gasteiger charge is -2.33. The van der Waals surface area contributed by atoms with Crippen molar-refractivity contribution < 1.29 is 126 Å². The largest absolute Gasteiger partial charge is 0.508 e. The lowest BCUT2D eigenvalue weighted by Crippen LogP contribution is -2.61. The lowest BCUT2D eigenvalue weighted by atomic mass is 10.0. The lowest BCUT2D eigenvalue weighted by molar-refractivity contribution is -0.148. The second-order valence-electron chi connectivity index (χ2n) is 36.1. The van der Waals surface area contributed by atoms with Gasteiger partial charge in [0.25, 0.3) is 5.56 Å². The summed E-state index contributed by atoms with van der Waals surface area (Å²) in [5, 5.41) is 100. The van der Waals surface area contributed by atoms with Crippen LogP contribution >= 0.6 is 25.3 Å². The zero-order valence-corrected chi connectivity index (χ0v) is 85.4. The van der Waals surface area contributed by atoms with Crippen LogP contribution in [0.2, 0.25) is 0 Å². The number of primary amides is 1. The molecule has 17 amide bonds. The normalized spacial score (nSPS) is 14.6. The van der Waals surface area contributed by atoms with Crippen LogP contribution in [0.4, 0.5) is 11.5 Å². The summed E-state index contributed by atoms with van der Waals surface area (Å²) < 4.78 is 12.9. The molecule has 1 aliphatic heterocycles. The monoisotopic (exact) mass is 2110 g/mol. The van der Waals surface area contributed by atoms with Crippen molar-refractivity contribution in [1.82, 2.24) is 94.5 Å². The average molecular weight is 2110 g/mol. The fraction of sp³-hybridized carbons (Fsp3) is 0.542. The maximum atomic E-state index is 14.7. The number of morpholine rings is 1. The van der Waals surface area contributed by atoms with Gasteiger partial charge in [-0.3, -0.25) is 90.7 Å². The number of aromatic nitrogens is 2. The molecule has 14 atom stereocenters. The van der Waals surface area contributed by atoms with Gasteiger partial charge in [0.1, 0.15) is 108 Å². The number of hydrogen-bond donors (Lipinski definition) is 27. The zero-order chi connectivity index (χ0) is 109. The van der Waals surface area contributed by atoms with Crippen LogP contribution in [0.3, 0.4) is 0 Å². The Morgan fingerprint density at radius 3 is 1.28 bits per heavy atom. The quantitative estimate of drug-likeness (QED) is 0.00977. The fourth-order valence-electron chi connectivity index (χ4n) is 15.3. The van der Waals surface area contributed by atoms with Crippen molar-refractivity contribution in [3.63, 3.8) is 0 Å². The number of aliphatic hydroxyl groups is 4. The van der Waals surface area contributed by atoms with Gasteiger partial charge in [-0.2, -0.15) is 25.3 Å². The Morgan fingerprint density at radius 2 is 0.845 bits per heavy atom. The van der Waals surface area contributed by atoms with E-state index in [2.05, 4.69) is 110 Å². The Bertz CT molecular complexity index is 5360. The van der Waals surface area contributed by atoms with Crippen molar-refractivity contribution in [1.29, 1.82) is 0 Å². The first-order valence-corrected chi connectivity index (χ1v) is 49.7. The highest BCUT2D eigenvalue weighted by molar-refractivity contribution is 7.80. The van der Waals surface area contributed by atoms with E-state index in [4.69, 9.17) is 31.7 Å². The number of aryl methyl sites for hydroxylation is 1. The summed E-state index contributed by atoms with van der Waals surface area (Å²) in [7, 11) is 0. The van der Waals surface area contributed by atoms with Crippen molar-refractivity contribution in [3.8, 4) is 11.5 Å². The molecule has 0 radical (unpaired) electrons. The number of fused-ring (bicyclic) bond motifs is 1. The number of carbonyl (C=O) groups excluding carboxylic acids is 18. The van der Waals surface area contributed by atoms with E-state index in [1.54, 1.807) is 33.9 Å². The third-order valence-electron chi connectivity index (χ3n) is 23.3. The van der Waals surface area contributed by atoms with Crippen LogP contribution in [-0.2, 0) is 109 Å². The minimum atomic E-state index is -1.94. The number of carbonyl (C=O) groups is 18. The van der Waals surface area contributed by atoms with Crippen LogP contribution in [0, 0.1) is 18.8 Å². The molecule has 6 rings (SSSR count). The van der Waals surface area contributed by atoms with E-state index in [1.807, 2.05) is 60.0 Å². The summed E-state index contributed by atoms with van der Waals surface area (Å²) >= 11 is 8.42. The standard InChI is InChI=1S/C96H141N23O27S2/c1-53(2)37-67(107-92(140)73(49-122)112-89(137)69(41-59-21-25-62(126)26-22-59)109-94(142)75(51-147)115-95(143)76(52-148)114-85(133)64(103-57(7)124)17-11-13-29-97)84(132)102-44-80(129)100-43-79(128)101-45-81(130)104-71(47-120)90(138)113-72(48-121)91(139)105-65(18-12-14-30-98)86(134)108-68(40-58-19-23-61(125)24-20-58)88(136)106-66(27-28-77(99)127)87(135)111-74(50-123)93(141)110-70(38-54(3)4)96(144)146-36-33-118(60-15-9-8-10-16-60)56(6)63-39-55(5)46-119-82(131)42-78(116-83(63)119)117-31-34-145-35-32-117/h8-10,15-16,19-26,39,42,46,53-54,56,64-76,120-123,125-126,147-148H,11-14,17-18,27-38,40-41,43-45,47-52,97-98H2,1-7H3,(H2,99,127)(H,100,129)(H,101,128)(H,102,132)(H,103,124)(H,104,130)(H,105,139)(H,106,136)(H,107,140)(H,108,134)(H,109,142)(H,110,141)(H,111,135)(H,112,137)(H,113,138)(H,114,133)(H,115,143)/t56?,64-,65-,66-,67-,68-,69-,70-,71-,72-,73-,74-,75-,76-/m0/s1. The molecule has 52 heteroatoms. The van der Waals surface area contributed by atoms with Crippen LogP contribution in [0.15, 0.2) is 102 Å². The summed E-state index contributed by atoms with van der Waals surface area (Å²) in [6, 6.07) is 2.02. The Balaban J connectivity index is 1.04. The highest BCUT2D eigenvalue weighted by atomic mass is 32.1. The molecule has 0 saturated carbocycles. The molecule has 2 aromatic heterocycles. The minimum Gasteiger partial charge on any atom is -0.508 e. The van der Waals surface area contributed by atoms with Crippen molar-refractivity contribution in [2.45, 2.75) is 210 Å². The summed E-state index contributed by atoms with van der Waals surface area (Å²) in [4.78, 5) is 269. The number of para-hydroxylation sites is 1. The highest BCUT2D eigenvalue weighted by Gasteiger charge is 2.39. The molecule has 3 heterocycles. The highest BCUT2D eigenvalue weighted by Crippen LogP contribution is 2.31. The number of nitrogens with two attached hydrogens (primary N) is 3. The SMILES string of the molecule is CC(=O)N[C@@H](CCCCN)C(=O)N[C@@H](CS)C(=O)N[C@@H](CS)C(=O)N[C@@H](Cc1ccc(O)cc1)C(=O)N[C@@H](CO)C(=O)N[C@@H](CC(C)C)C(=O)NCC(=O)NCC(=O)NCC(=O)N[C@@H](CO)C(=O)N[C@@H](CO)C(=O)N[C@@H](CCCCN)C(=O)N[C@@H](Cc1ccc(O)cc1)C(=O)N[C@@H](CCC(N)=O)C(=O)N[C@@H](CO)C(=O)N[C@@H](CC(C)C)C(=O)OCCN(c1ccccc1)C(C)c1cc(C)cn2c(=O)cc(N3CCOCC3)nc12. The van der Waals surface area contributed by atoms with Crippen molar-refractivity contribution in [2.24, 2.45) is 29.0 Å². The minimum absolute atomic E-state index is 0.00137. The first kappa shape index (κ1) is 123. The summed E-state index contributed by atoms with van der Waals surface area (Å²) in [6.45, 7) is 7.06. The molecule has 1 aliphatic rings. The third-order valence-corrected chi connectivity index (χ3v) is 24.0. The number of phenolic OH excluding ortho intramolecular Hbond substituents is 2. The van der Waals surface area contributed by atoms with Gasteiger partial charge in [0, 0.05) is 74.3 Å². The van der Waals surface area contributed by atoms with Crippen LogP contribution < -0.4 is 118 Å². The Hall–Kier alpha value is -13.9. The van der Waals surface area contributed by atoms with E-state index < -0.39 is 256 Å². The van der Waals surface area contributed by atoms with Crippen LogP contribution in [-0.4, -0.2) is 335 Å². The number of aromatic hydroxyl groups is 2. The molecule has 3 aromatic carbocycles. The van der Waals surface area contributed by atoms with Crippen LogP contribution in [0.1, 0.15) is 134 Å². The number of nitrogens with zero attached hydrogens (tertiary/aromatic N) is 4. The summed E-state index contributed by atoms with van der Waals surface area (Å²) in [6.07, 6.45) is 1.16. The Morgan fingerprint density at radius 1 is 0.459 bits per heavy atom. The predicted molar refractivity (Wildman–Crippen MR) is 545 cm³/mol. The second-order valence-corrected chi connectivity index (χ2v) is 36.8.